The van der Waals surface area contributed by atoms with Gasteiger partial charge >= 0.3 is 0 Å². The summed E-state index contributed by atoms with van der Waals surface area (Å²) < 4.78 is 0. The van der Waals surface area contributed by atoms with E-state index in [1.54, 1.807) is 0 Å². The molecule has 2 heterocycles. The molecule has 5 nitrogen and oxygen atoms in total. The summed E-state index contributed by atoms with van der Waals surface area (Å²) in [6.07, 6.45) is 1.84. The first kappa shape index (κ1) is 12.8. The molecule has 0 bridgehead atoms. The van der Waals surface area contributed by atoms with E-state index < -0.39 is 0 Å². The molecule has 1 unspecified atom stereocenters. The molecule has 0 saturated carbocycles. The normalized spacial score (nSPS) is 17.9. The number of hydrogen-bond donors (Lipinski definition) is 0. The summed E-state index contributed by atoms with van der Waals surface area (Å²) in [5.41, 5.74) is 1.85. The van der Waals surface area contributed by atoms with Crippen LogP contribution in [0.15, 0.2) is 30.5 Å². The lowest BCUT2D eigenvalue weighted by molar-refractivity contribution is 0.231. The molecule has 1 aliphatic rings. The van der Waals surface area contributed by atoms with Crippen LogP contribution in [-0.2, 0) is 0 Å². The van der Waals surface area contributed by atoms with Crippen LogP contribution in [0, 0.1) is 11.3 Å². The third-order valence-corrected chi connectivity index (χ3v) is 3.81. The molecule has 1 aromatic carbocycles. The molecule has 3 rings (SSSR count). The van der Waals surface area contributed by atoms with E-state index in [1.807, 2.05) is 37.4 Å². The third kappa shape index (κ3) is 2.43. The van der Waals surface area contributed by atoms with Crippen molar-refractivity contribution < 1.29 is 0 Å². The van der Waals surface area contributed by atoms with Crippen LogP contribution < -0.4 is 4.90 Å². The number of nitrogens with zero attached hydrogens (tertiary/aromatic N) is 5. The molecule has 1 aliphatic heterocycles. The van der Waals surface area contributed by atoms with Crippen molar-refractivity contribution in [1.29, 1.82) is 5.26 Å². The highest BCUT2D eigenvalue weighted by Crippen LogP contribution is 2.17. The second-order valence-electron chi connectivity index (χ2n) is 5.05. The molecule has 1 saturated heterocycles. The van der Waals surface area contributed by atoms with Gasteiger partial charge in [-0.2, -0.15) is 5.26 Å². The van der Waals surface area contributed by atoms with Crippen molar-refractivity contribution in [2.24, 2.45) is 0 Å². The molecule has 20 heavy (non-hydrogen) atoms. The van der Waals surface area contributed by atoms with Crippen LogP contribution in [0.25, 0.3) is 11.0 Å². The highest BCUT2D eigenvalue weighted by molar-refractivity contribution is 5.75. The summed E-state index contributed by atoms with van der Waals surface area (Å²) >= 11 is 0. The van der Waals surface area contributed by atoms with Crippen LogP contribution in [0.4, 0.5) is 5.82 Å². The number of aromatic nitrogens is 2. The lowest BCUT2D eigenvalue weighted by Crippen LogP contribution is -2.49. The summed E-state index contributed by atoms with van der Waals surface area (Å²) in [6.45, 7) is 5.51. The second kappa shape index (κ2) is 5.43. The van der Waals surface area contributed by atoms with Crippen molar-refractivity contribution in [2.75, 3.05) is 31.1 Å². The van der Waals surface area contributed by atoms with Gasteiger partial charge in [-0.1, -0.05) is 12.1 Å². The molecule has 1 atom stereocenters. The van der Waals surface area contributed by atoms with Crippen LogP contribution in [0.5, 0.6) is 0 Å². The first-order valence-electron chi connectivity index (χ1n) is 6.88. The smallest absolute Gasteiger partial charge is 0.147 e. The monoisotopic (exact) mass is 267 g/mol. The summed E-state index contributed by atoms with van der Waals surface area (Å²) in [6, 6.07) is 10.2. The maximum Gasteiger partial charge on any atom is 0.147 e. The maximum absolute atomic E-state index is 8.96. The van der Waals surface area contributed by atoms with Gasteiger partial charge in [0.15, 0.2) is 0 Å². The molecular formula is C15H17N5. The Bertz CT molecular complexity index is 640. The third-order valence-electron chi connectivity index (χ3n) is 3.81. The van der Waals surface area contributed by atoms with E-state index in [9.17, 15) is 0 Å². The number of fused-ring (bicyclic) bond motifs is 1. The molecule has 0 aliphatic carbocycles. The van der Waals surface area contributed by atoms with Crippen LogP contribution >= 0.6 is 0 Å². The summed E-state index contributed by atoms with van der Waals surface area (Å²) in [4.78, 5) is 13.6. The number of benzene rings is 1. The number of hydrogen-bond acceptors (Lipinski definition) is 5. The predicted molar refractivity (Wildman–Crippen MR) is 78.4 cm³/mol. The fraction of sp³-hybridized carbons (Fsp3) is 0.400. The van der Waals surface area contributed by atoms with Crippen molar-refractivity contribution in [3.05, 3.63) is 30.5 Å². The van der Waals surface area contributed by atoms with E-state index in [0.717, 1.165) is 43.0 Å². The molecule has 0 amide bonds. The minimum absolute atomic E-state index is 0.0140. The van der Waals surface area contributed by atoms with Crippen molar-refractivity contribution in [2.45, 2.75) is 13.0 Å². The summed E-state index contributed by atoms with van der Waals surface area (Å²) in [5, 5.41) is 8.96. The molecular weight excluding hydrogens is 250 g/mol. The Kier molecular flexibility index (Phi) is 3.48. The molecule has 1 fully saturated rings. The van der Waals surface area contributed by atoms with Crippen LogP contribution in [0.2, 0.25) is 0 Å². The van der Waals surface area contributed by atoms with Gasteiger partial charge in [-0.15, -0.1) is 0 Å². The molecule has 5 heteroatoms. The predicted octanol–water partition coefficient (Wildman–Crippen LogP) is 1.66. The minimum Gasteiger partial charge on any atom is -0.353 e. The zero-order valence-corrected chi connectivity index (χ0v) is 11.5. The largest absolute Gasteiger partial charge is 0.353 e. The fourth-order valence-electron chi connectivity index (χ4n) is 2.52. The Hall–Kier alpha value is -2.19. The van der Waals surface area contributed by atoms with Gasteiger partial charge in [0, 0.05) is 26.2 Å². The van der Waals surface area contributed by atoms with Gasteiger partial charge in [-0.05, 0) is 19.1 Å². The first-order valence-corrected chi connectivity index (χ1v) is 6.88. The van der Waals surface area contributed by atoms with Crippen molar-refractivity contribution in [1.82, 2.24) is 14.9 Å². The Morgan fingerprint density at radius 1 is 1.15 bits per heavy atom. The Balaban J connectivity index is 1.75. The van der Waals surface area contributed by atoms with Gasteiger partial charge in [0.05, 0.1) is 29.3 Å². The summed E-state index contributed by atoms with van der Waals surface area (Å²) in [7, 11) is 0. The number of anilines is 1. The van der Waals surface area contributed by atoms with E-state index in [-0.39, 0.29) is 6.04 Å². The minimum atomic E-state index is -0.0140. The second-order valence-corrected chi connectivity index (χ2v) is 5.05. The highest BCUT2D eigenvalue weighted by atomic mass is 15.3. The first-order chi connectivity index (χ1) is 9.78. The average Bonchev–Trinajstić information content (AvgIpc) is 2.54. The zero-order chi connectivity index (χ0) is 13.9. The van der Waals surface area contributed by atoms with E-state index in [4.69, 9.17) is 5.26 Å². The van der Waals surface area contributed by atoms with E-state index >= 15 is 0 Å². The van der Waals surface area contributed by atoms with Gasteiger partial charge in [0.2, 0.25) is 0 Å². The Labute approximate surface area is 118 Å². The maximum atomic E-state index is 8.96. The quantitative estimate of drug-likeness (QED) is 0.828. The molecule has 0 radical (unpaired) electrons. The zero-order valence-electron chi connectivity index (χ0n) is 11.5. The number of nitriles is 1. The topological polar surface area (TPSA) is 56.1 Å². The van der Waals surface area contributed by atoms with Gasteiger partial charge < -0.3 is 4.90 Å². The highest BCUT2D eigenvalue weighted by Gasteiger charge is 2.21. The van der Waals surface area contributed by atoms with Crippen molar-refractivity contribution in [3.63, 3.8) is 0 Å². The van der Waals surface area contributed by atoms with Crippen LogP contribution in [0.1, 0.15) is 6.92 Å². The fourth-order valence-corrected chi connectivity index (χ4v) is 2.52. The Morgan fingerprint density at radius 2 is 1.85 bits per heavy atom. The molecule has 2 aromatic rings. The SMILES string of the molecule is CC(C#N)N1CCN(c2cnc3ccccc3n2)CC1. The lowest BCUT2D eigenvalue weighted by atomic mass is 10.2. The van der Waals surface area contributed by atoms with Gasteiger partial charge in [0.25, 0.3) is 0 Å². The lowest BCUT2D eigenvalue weighted by Gasteiger charge is -2.36. The molecule has 1 aromatic heterocycles. The number of piperazine rings is 1. The molecule has 0 spiro atoms. The Morgan fingerprint density at radius 3 is 2.55 bits per heavy atom. The number of para-hydroxylation sites is 2. The molecule has 102 valence electrons. The van der Waals surface area contributed by atoms with Crippen LogP contribution in [-0.4, -0.2) is 47.1 Å². The van der Waals surface area contributed by atoms with E-state index in [0.29, 0.717) is 0 Å². The van der Waals surface area contributed by atoms with Crippen LogP contribution in [0.3, 0.4) is 0 Å². The van der Waals surface area contributed by atoms with E-state index in [1.165, 1.54) is 0 Å². The van der Waals surface area contributed by atoms with Crippen molar-refractivity contribution >= 4 is 16.9 Å². The van der Waals surface area contributed by atoms with Gasteiger partial charge in [-0.25, -0.2) is 4.98 Å². The molecule has 0 N–H and O–H groups in total. The van der Waals surface area contributed by atoms with Crippen molar-refractivity contribution in [3.8, 4) is 6.07 Å². The van der Waals surface area contributed by atoms with E-state index in [2.05, 4.69) is 25.8 Å². The summed E-state index contributed by atoms with van der Waals surface area (Å²) in [5.74, 6) is 0.924. The van der Waals surface area contributed by atoms with Gasteiger partial charge in [0.1, 0.15) is 5.82 Å². The standard InChI is InChI=1S/C15H17N5/c1-12(10-16)19-6-8-20(9-7-19)15-11-17-13-4-2-3-5-14(13)18-15/h2-5,11-12H,6-9H2,1H3. The average molecular weight is 267 g/mol. The number of rotatable bonds is 2. The van der Waals surface area contributed by atoms with Gasteiger partial charge in [-0.3, -0.25) is 9.88 Å².